The number of ether oxygens (including phenoxy) is 1. The minimum atomic E-state index is -0.780. The van der Waals surface area contributed by atoms with Gasteiger partial charge in [-0.2, -0.15) is 0 Å². The normalized spacial score (nSPS) is 10.1. The van der Waals surface area contributed by atoms with Crippen molar-refractivity contribution in [1.82, 2.24) is 4.98 Å². The third kappa shape index (κ3) is 3.33. The number of nitrogens with one attached hydrogen (secondary N) is 1. The Labute approximate surface area is 119 Å². The van der Waals surface area contributed by atoms with Crippen molar-refractivity contribution < 1.29 is 19.2 Å². The van der Waals surface area contributed by atoms with Crippen molar-refractivity contribution in [1.29, 1.82) is 0 Å². The summed E-state index contributed by atoms with van der Waals surface area (Å²) >= 11 is 0. The molecule has 0 aliphatic heterocycles. The number of H-pyrrole nitrogens is 1. The van der Waals surface area contributed by atoms with Crippen LogP contribution in [0.4, 0.5) is 5.69 Å². The van der Waals surface area contributed by atoms with Crippen LogP contribution in [0.25, 0.3) is 0 Å². The summed E-state index contributed by atoms with van der Waals surface area (Å²) in [6.45, 7) is 1.14. The van der Waals surface area contributed by atoms with Crippen molar-refractivity contribution >= 4 is 17.4 Å². The van der Waals surface area contributed by atoms with Gasteiger partial charge < -0.3 is 9.72 Å². The number of carbonyl (C=O) groups excluding carboxylic acids is 2. The third-order valence-corrected chi connectivity index (χ3v) is 2.87. The molecule has 0 saturated heterocycles. The molecule has 1 N–H and O–H groups in total. The fraction of sp³-hybridized carbons (Fsp3) is 0.143. The Balaban J connectivity index is 2.05. The summed E-state index contributed by atoms with van der Waals surface area (Å²) in [5.41, 5.74) is 0.642. The third-order valence-electron chi connectivity index (χ3n) is 2.87. The van der Waals surface area contributed by atoms with Crippen molar-refractivity contribution in [2.45, 2.75) is 6.92 Å². The molecular weight excluding hydrogens is 276 g/mol. The Bertz CT molecular complexity index is 691. The molecule has 1 aromatic carbocycles. The van der Waals surface area contributed by atoms with Crippen molar-refractivity contribution in [3.8, 4) is 0 Å². The molecule has 0 spiro atoms. The number of nitro benzene ring substituents is 1. The van der Waals surface area contributed by atoms with E-state index in [1.165, 1.54) is 12.1 Å². The van der Waals surface area contributed by atoms with Crippen molar-refractivity contribution in [3.05, 3.63) is 63.5 Å². The number of hydrogen-bond acceptors (Lipinski definition) is 5. The van der Waals surface area contributed by atoms with Gasteiger partial charge in [0.05, 0.1) is 16.2 Å². The zero-order chi connectivity index (χ0) is 15.4. The number of hydrogen-bond donors (Lipinski definition) is 1. The maximum absolute atomic E-state index is 11.8. The number of aromatic nitrogens is 1. The van der Waals surface area contributed by atoms with Crippen LogP contribution in [0, 0.1) is 17.0 Å². The minimum absolute atomic E-state index is 0.0339. The molecule has 7 nitrogen and oxygen atoms in total. The van der Waals surface area contributed by atoms with Gasteiger partial charge in [-0.3, -0.25) is 14.9 Å². The lowest BCUT2D eigenvalue weighted by molar-refractivity contribution is -0.385. The number of aromatic amines is 1. The minimum Gasteiger partial charge on any atom is -0.454 e. The monoisotopic (exact) mass is 288 g/mol. The van der Waals surface area contributed by atoms with E-state index in [-0.39, 0.29) is 17.0 Å². The van der Waals surface area contributed by atoms with E-state index >= 15 is 0 Å². The van der Waals surface area contributed by atoms with Gasteiger partial charge in [0.1, 0.15) is 0 Å². The van der Waals surface area contributed by atoms with Gasteiger partial charge in [0, 0.05) is 17.8 Å². The smallest absolute Gasteiger partial charge is 0.338 e. The Morgan fingerprint density at radius 2 is 2.10 bits per heavy atom. The standard InChI is InChI=1S/C14H12N2O5/c1-9-4-5-10(7-12(9)16(19)20)14(18)21-8-13(17)11-3-2-6-15-11/h2-7,15H,8H2,1H3. The molecule has 0 saturated carbocycles. The van der Waals surface area contributed by atoms with Crippen LogP contribution >= 0.6 is 0 Å². The second-order valence-corrected chi connectivity index (χ2v) is 4.34. The molecule has 1 heterocycles. The van der Waals surface area contributed by atoms with Gasteiger partial charge >= 0.3 is 5.97 Å². The second kappa shape index (κ2) is 6.00. The van der Waals surface area contributed by atoms with Gasteiger partial charge in [0.25, 0.3) is 5.69 Å². The van der Waals surface area contributed by atoms with Gasteiger partial charge in [-0.15, -0.1) is 0 Å². The summed E-state index contributed by atoms with van der Waals surface area (Å²) in [4.78, 5) is 36.4. The van der Waals surface area contributed by atoms with E-state index in [9.17, 15) is 19.7 Å². The summed E-state index contributed by atoms with van der Waals surface area (Å²) < 4.78 is 4.86. The number of nitrogens with zero attached hydrogens (tertiary/aromatic N) is 1. The molecular formula is C14H12N2O5. The topological polar surface area (TPSA) is 102 Å². The number of nitro groups is 1. The number of aryl methyl sites for hydroxylation is 1. The average molecular weight is 288 g/mol. The predicted molar refractivity (Wildman–Crippen MR) is 73.2 cm³/mol. The molecule has 2 aromatic rings. The lowest BCUT2D eigenvalue weighted by Gasteiger charge is -2.04. The number of Topliss-reactive ketones (excluding diaryl/α,β-unsaturated/α-hetero) is 1. The maximum Gasteiger partial charge on any atom is 0.338 e. The van der Waals surface area contributed by atoms with Crippen molar-refractivity contribution in [2.75, 3.05) is 6.61 Å². The summed E-state index contributed by atoms with van der Waals surface area (Å²) in [6.07, 6.45) is 1.58. The molecule has 1 aromatic heterocycles. The number of benzene rings is 1. The lowest BCUT2D eigenvalue weighted by atomic mass is 10.1. The molecule has 0 aliphatic rings. The average Bonchev–Trinajstić information content (AvgIpc) is 2.98. The largest absolute Gasteiger partial charge is 0.454 e. The molecule has 0 radical (unpaired) electrons. The maximum atomic E-state index is 11.8. The first kappa shape index (κ1) is 14.4. The lowest BCUT2D eigenvalue weighted by Crippen LogP contribution is -2.14. The molecule has 0 unspecified atom stereocenters. The van der Waals surface area contributed by atoms with Crippen LogP contribution in [0.5, 0.6) is 0 Å². The summed E-state index contributed by atoms with van der Waals surface area (Å²) in [5.74, 6) is -1.16. The van der Waals surface area contributed by atoms with E-state index in [0.717, 1.165) is 6.07 Å². The molecule has 0 amide bonds. The van der Waals surface area contributed by atoms with Crippen LogP contribution in [0.15, 0.2) is 36.5 Å². The van der Waals surface area contributed by atoms with Crippen LogP contribution in [0.1, 0.15) is 26.4 Å². The molecule has 0 aliphatic carbocycles. The van der Waals surface area contributed by atoms with Crippen molar-refractivity contribution in [2.24, 2.45) is 0 Å². The molecule has 7 heteroatoms. The van der Waals surface area contributed by atoms with Crippen molar-refractivity contribution in [3.63, 3.8) is 0 Å². The highest BCUT2D eigenvalue weighted by Gasteiger charge is 2.17. The number of ketones is 1. The van der Waals surface area contributed by atoms with Crippen LogP contribution in [-0.2, 0) is 4.74 Å². The summed E-state index contributed by atoms with van der Waals surface area (Å²) in [7, 11) is 0. The Kier molecular flexibility index (Phi) is 4.13. The van der Waals surface area contributed by atoms with Gasteiger partial charge in [-0.25, -0.2) is 4.79 Å². The quantitative estimate of drug-likeness (QED) is 0.393. The van der Waals surface area contributed by atoms with Gasteiger partial charge in [-0.1, -0.05) is 6.07 Å². The Morgan fingerprint density at radius 1 is 1.33 bits per heavy atom. The molecule has 0 atom stereocenters. The molecule has 2 rings (SSSR count). The van der Waals surface area contributed by atoms with E-state index in [4.69, 9.17) is 4.74 Å². The molecule has 21 heavy (non-hydrogen) atoms. The molecule has 0 bridgehead atoms. The Hall–Kier alpha value is -2.96. The van der Waals surface area contributed by atoms with E-state index < -0.39 is 17.5 Å². The number of rotatable bonds is 5. The van der Waals surface area contributed by atoms with E-state index in [1.54, 1.807) is 25.3 Å². The highest BCUT2D eigenvalue weighted by molar-refractivity contribution is 5.98. The van der Waals surface area contributed by atoms with E-state index in [0.29, 0.717) is 11.3 Å². The first-order valence-electron chi connectivity index (χ1n) is 6.08. The van der Waals surface area contributed by atoms with Crippen LogP contribution in [-0.4, -0.2) is 28.3 Å². The van der Waals surface area contributed by atoms with Gasteiger partial charge in [-0.05, 0) is 25.1 Å². The van der Waals surface area contributed by atoms with E-state index in [2.05, 4.69) is 4.98 Å². The molecule has 108 valence electrons. The predicted octanol–water partition coefficient (Wildman–Crippen LogP) is 2.27. The second-order valence-electron chi connectivity index (χ2n) is 4.34. The van der Waals surface area contributed by atoms with Crippen LogP contribution < -0.4 is 0 Å². The first-order valence-corrected chi connectivity index (χ1v) is 6.08. The summed E-state index contributed by atoms with van der Waals surface area (Å²) in [5, 5.41) is 10.8. The summed E-state index contributed by atoms with van der Waals surface area (Å²) in [6, 6.07) is 7.23. The van der Waals surface area contributed by atoms with Gasteiger partial charge in [0.15, 0.2) is 6.61 Å². The number of esters is 1. The van der Waals surface area contributed by atoms with Crippen LogP contribution in [0.3, 0.4) is 0 Å². The fourth-order valence-corrected chi connectivity index (χ4v) is 1.73. The Morgan fingerprint density at radius 3 is 2.71 bits per heavy atom. The fourth-order valence-electron chi connectivity index (χ4n) is 1.73. The molecule has 0 fully saturated rings. The highest BCUT2D eigenvalue weighted by atomic mass is 16.6. The number of carbonyl (C=O) groups is 2. The van der Waals surface area contributed by atoms with Gasteiger partial charge in [0.2, 0.25) is 5.78 Å². The zero-order valence-electron chi connectivity index (χ0n) is 11.2. The highest BCUT2D eigenvalue weighted by Crippen LogP contribution is 2.19. The zero-order valence-corrected chi connectivity index (χ0v) is 11.2. The first-order chi connectivity index (χ1) is 9.99. The van der Waals surface area contributed by atoms with E-state index in [1.807, 2.05) is 0 Å². The SMILES string of the molecule is Cc1ccc(C(=O)OCC(=O)c2ccc[nH]2)cc1[N+](=O)[O-]. The van der Waals surface area contributed by atoms with Crippen LogP contribution in [0.2, 0.25) is 0 Å².